The van der Waals surface area contributed by atoms with Gasteiger partial charge in [0.05, 0.1) is 7.11 Å². The Morgan fingerprint density at radius 3 is 2.48 bits per heavy atom. The Labute approximate surface area is 180 Å². The molecule has 3 aromatic rings. The third-order valence-corrected chi connectivity index (χ3v) is 5.78. The zero-order valence-corrected chi connectivity index (χ0v) is 17.7. The van der Waals surface area contributed by atoms with Gasteiger partial charge in [0.1, 0.15) is 11.3 Å². The molecule has 6 nitrogen and oxygen atoms in total. The zero-order valence-electron chi connectivity index (χ0n) is 17.7. The largest absolute Gasteiger partial charge is 0.497 e. The SMILES string of the molecule is COc1ccc([C@@H]2CC(=O)c3cc(C(=O)Nc4cc(C)ccc4C)c(=O)[nH]c3C2)cc1. The first-order chi connectivity index (χ1) is 14.9. The maximum Gasteiger partial charge on any atom is 0.261 e. The Bertz CT molecular complexity index is 1230. The Hall–Kier alpha value is -3.67. The fraction of sp³-hybridized carbons (Fsp3) is 0.240. The van der Waals surface area contributed by atoms with E-state index in [9.17, 15) is 14.4 Å². The van der Waals surface area contributed by atoms with Gasteiger partial charge in [0.2, 0.25) is 0 Å². The van der Waals surface area contributed by atoms with Gasteiger partial charge in [-0.25, -0.2) is 0 Å². The van der Waals surface area contributed by atoms with Crippen molar-refractivity contribution in [3.63, 3.8) is 0 Å². The summed E-state index contributed by atoms with van der Waals surface area (Å²) in [5.74, 6) is 0.109. The van der Waals surface area contributed by atoms with Gasteiger partial charge in [0.15, 0.2) is 5.78 Å². The number of ether oxygens (including phenoxy) is 1. The number of carbonyl (C=O) groups is 2. The molecule has 1 amide bonds. The number of hydrogen-bond donors (Lipinski definition) is 2. The van der Waals surface area contributed by atoms with Gasteiger partial charge < -0.3 is 15.0 Å². The van der Waals surface area contributed by atoms with Crippen molar-refractivity contribution in [2.75, 3.05) is 12.4 Å². The third-order valence-electron chi connectivity index (χ3n) is 5.78. The number of pyridine rings is 1. The highest BCUT2D eigenvalue weighted by Gasteiger charge is 2.29. The van der Waals surface area contributed by atoms with E-state index in [0.29, 0.717) is 29.8 Å². The van der Waals surface area contributed by atoms with Crippen LogP contribution in [0.5, 0.6) is 5.75 Å². The fourth-order valence-corrected chi connectivity index (χ4v) is 3.97. The monoisotopic (exact) mass is 416 g/mol. The molecule has 0 aliphatic heterocycles. The first kappa shape index (κ1) is 20.6. The van der Waals surface area contributed by atoms with Gasteiger partial charge in [0.25, 0.3) is 11.5 Å². The van der Waals surface area contributed by atoms with Crippen LogP contribution in [0.1, 0.15) is 55.4 Å². The first-order valence-electron chi connectivity index (χ1n) is 10.2. The quantitative estimate of drug-likeness (QED) is 0.668. The van der Waals surface area contributed by atoms with Crippen LogP contribution >= 0.6 is 0 Å². The molecule has 2 aromatic carbocycles. The predicted octanol–water partition coefficient (Wildman–Crippen LogP) is 4.17. The molecule has 0 saturated heterocycles. The van der Waals surface area contributed by atoms with Crippen LogP contribution in [-0.4, -0.2) is 23.8 Å². The Kier molecular flexibility index (Phi) is 5.46. The number of carbonyl (C=O) groups excluding carboxylic acids is 2. The van der Waals surface area contributed by atoms with Crippen molar-refractivity contribution >= 4 is 17.4 Å². The molecule has 2 N–H and O–H groups in total. The molecule has 1 aliphatic rings. The molecule has 31 heavy (non-hydrogen) atoms. The molecule has 0 radical (unpaired) electrons. The number of rotatable bonds is 4. The summed E-state index contributed by atoms with van der Waals surface area (Å²) in [4.78, 5) is 41.1. The number of benzene rings is 2. The van der Waals surface area contributed by atoms with Crippen molar-refractivity contribution in [3.8, 4) is 5.75 Å². The molecular formula is C25H24N2O4. The predicted molar refractivity (Wildman–Crippen MR) is 119 cm³/mol. The van der Waals surface area contributed by atoms with Crippen LogP contribution in [0.2, 0.25) is 0 Å². The van der Waals surface area contributed by atoms with Crippen LogP contribution < -0.4 is 15.6 Å². The molecule has 0 fully saturated rings. The molecule has 0 unspecified atom stereocenters. The molecule has 0 saturated carbocycles. The van der Waals surface area contributed by atoms with Gasteiger partial charge in [-0.05, 0) is 67.1 Å². The van der Waals surface area contributed by atoms with Gasteiger partial charge in [0, 0.05) is 23.4 Å². The topological polar surface area (TPSA) is 88.3 Å². The number of nitrogens with one attached hydrogen (secondary N) is 2. The summed E-state index contributed by atoms with van der Waals surface area (Å²) >= 11 is 0. The van der Waals surface area contributed by atoms with Crippen molar-refractivity contribution in [1.29, 1.82) is 0 Å². The van der Waals surface area contributed by atoms with E-state index in [-0.39, 0.29) is 17.3 Å². The summed E-state index contributed by atoms with van der Waals surface area (Å²) in [7, 11) is 1.61. The van der Waals surface area contributed by atoms with Crippen LogP contribution in [0.25, 0.3) is 0 Å². The number of anilines is 1. The number of H-pyrrole nitrogens is 1. The van der Waals surface area contributed by atoms with Crippen LogP contribution in [-0.2, 0) is 6.42 Å². The number of Topliss-reactive ketones (excluding diaryl/α,β-unsaturated/α-hetero) is 1. The fourth-order valence-electron chi connectivity index (χ4n) is 3.97. The normalized spacial score (nSPS) is 15.3. The standard InChI is InChI=1S/C25H24N2O4/c1-14-4-5-15(2)21(10-14)26-24(29)20-13-19-22(27-25(20)30)11-17(12-23(19)28)16-6-8-18(31-3)9-7-16/h4-10,13,17H,11-12H2,1-3H3,(H,26,29)(H,27,30)/t17-/m0/s1. The molecule has 1 atom stereocenters. The number of fused-ring (bicyclic) bond motifs is 1. The smallest absolute Gasteiger partial charge is 0.261 e. The lowest BCUT2D eigenvalue weighted by Crippen LogP contribution is -2.29. The lowest BCUT2D eigenvalue weighted by atomic mass is 9.81. The summed E-state index contributed by atoms with van der Waals surface area (Å²) < 4.78 is 5.19. The maximum atomic E-state index is 12.9. The van der Waals surface area contributed by atoms with Gasteiger partial charge in [-0.1, -0.05) is 24.3 Å². The molecule has 4 rings (SSSR count). The van der Waals surface area contributed by atoms with Crippen LogP contribution in [0.15, 0.2) is 53.3 Å². The molecule has 1 aliphatic carbocycles. The first-order valence-corrected chi connectivity index (χ1v) is 10.2. The van der Waals surface area contributed by atoms with E-state index >= 15 is 0 Å². The Morgan fingerprint density at radius 2 is 1.77 bits per heavy atom. The average molecular weight is 416 g/mol. The Morgan fingerprint density at radius 1 is 1.03 bits per heavy atom. The number of aryl methyl sites for hydroxylation is 2. The highest BCUT2D eigenvalue weighted by Crippen LogP contribution is 2.32. The molecule has 6 heteroatoms. The van der Waals surface area contributed by atoms with E-state index in [1.54, 1.807) is 7.11 Å². The molecule has 0 spiro atoms. The van der Waals surface area contributed by atoms with Crippen LogP contribution in [0.4, 0.5) is 5.69 Å². The molecular weight excluding hydrogens is 392 g/mol. The summed E-state index contributed by atoms with van der Waals surface area (Å²) in [5, 5.41) is 2.79. The summed E-state index contributed by atoms with van der Waals surface area (Å²) in [6, 6.07) is 14.7. The molecule has 1 heterocycles. The Balaban J connectivity index is 1.61. The van der Waals surface area contributed by atoms with E-state index in [2.05, 4.69) is 10.3 Å². The second kappa shape index (κ2) is 8.22. The van der Waals surface area contributed by atoms with Crippen LogP contribution in [0, 0.1) is 13.8 Å². The minimum absolute atomic E-state index is 0.0313. The number of amides is 1. The highest BCUT2D eigenvalue weighted by molar-refractivity contribution is 6.07. The van der Waals surface area contributed by atoms with Crippen molar-refractivity contribution in [2.45, 2.75) is 32.6 Å². The molecule has 1 aromatic heterocycles. The zero-order chi connectivity index (χ0) is 22.1. The van der Waals surface area contributed by atoms with Crippen molar-refractivity contribution in [3.05, 3.63) is 92.4 Å². The van der Waals surface area contributed by atoms with Gasteiger partial charge in [-0.15, -0.1) is 0 Å². The summed E-state index contributed by atoms with van der Waals surface area (Å²) in [6.45, 7) is 3.81. The number of methoxy groups -OCH3 is 1. The number of ketones is 1. The lowest BCUT2D eigenvalue weighted by molar-refractivity contribution is 0.0963. The van der Waals surface area contributed by atoms with E-state index in [0.717, 1.165) is 22.4 Å². The average Bonchev–Trinajstić information content (AvgIpc) is 2.75. The second-order valence-corrected chi connectivity index (χ2v) is 7.98. The van der Waals surface area contributed by atoms with Gasteiger partial charge in [-0.3, -0.25) is 14.4 Å². The second-order valence-electron chi connectivity index (χ2n) is 7.98. The van der Waals surface area contributed by atoms with E-state index < -0.39 is 11.5 Å². The van der Waals surface area contributed by atoms with Gasteiger partial charge in [-0.2, -0.15) is 0 Å². The third kappa shape index (κ3) is 4.14. The van der Waals surface area contributed by atoms with E-state index in [1.807, 2.05) is 56.3 Å². The highest BCUT2D eigenvalue weighted by atomic mass is 16.5. The summed E-state index contributed by atoms with van der Waals surface area (Å²) in [5.41, 5.74) is 3.98. The van der Waals surface area contributed by atoms with Crippen molar-refractivity contribution in [1.82, 2.24) is 4.98 Å². The minimum Gasteiger partial charge on any atom is -0.497 e. The van der Waals surface area contributed by atoms with Crippen LogP contribution in [0.3, 0.4) is 0 Å². The van der Waals surface area contributed by atoms with E-state index in [4.69, 9.17) is 4.74 Å². The minimum atomic E-state index is -0.525. The summed E-state index contributed by atoms with van der Waals surface area (Å²) in [6.07, 6.45) is 0.852. The lowest BCUT2D eigenvalue weighted by Gasteiger charge is -2.24. The maximum absolute atomic E-state index is 12.9. The van der Waals surface area contributed by atoms with Crippen molar-refractivity contribution in [2.24, 2.45) is 0 Å². The van der Waals surface area contributed by atoms with Gasteiger partial charge >= 0.3 is 0 Å². The number of hydrogen-bond acceptors (Lipinski definition) is 4. The van der Waals surface area contributed by atoms with Crippen molar-refractivity contribution < 1.29 is 14.3 Å². The molecule has 0 bridgehead atoms. The number of aromatic amines is 1. The number of aromatic nitrogens is 1. The molecule has 158 valence electrons. The van der Waals surface area contributed by atoms with E-state index in [1.165, 1.54) is 6.07 Å².